The fraction of sp³-hybridized carbons (Fsp3) is 0.289. The average molecular weight is 695 g/mol. The summed E-state index contributed by atoms with van der Waals surface area (Å²) in [7, 11) is 1.58. The van der Waals surface area contributed by atoms with E-state index in [-0.39, 0.29) is 28.6 Å². The standard InChI is InChI=1S/C38H42N6O5S/c1-49-33-23-25(24-39-19-15-27-12-14-32(45)35-36(27)50-38(48)43-35)11-13-31(33)41-34(46)18-22-44-20-16-28(17-21-44)40-37(47)42-30-10-6-5-9-29(30)26-7-3-2-4-8-26/h2-14,23,28,39,45H,15-22,24H2,1H3,(H,41,46)(H,43,48)(H2,40,42,47). The molecule has 1 fully saturated rings. The van der Waals surface area contributed by atoms with Gasteiger partial charge in [0, 0.05) is 44.2 Å². The van der Waals surface area contributed by atoms with E-state index < -0.39 is 0 Å². The molecule has 50 heavy (non-hydrogen) atoms. The number of ether oxygens (including phenoxy) is 1. The lowest BCUT2D eigenvalue weighted by Crippen LogP contribution is -2.46. The molecule has 6 rings (SSSR count). The van der Waals surface area contributed by atoms with E-state index in [1.165, 1.54) is 0 Å². The molecule has 0 saturated carbocycles. The second kappa shape index (κ2) is 16.5. The number of benzene rings is 4. The van der Waals surface area contributed by atoms with Crippen LogP contribution >= 0.6 is 11.3 Å². The first-order chi connectivity index (χ1) is 24.4. The minimum atomic E-state index is -0.213. The van der Waals surface area contributed by atoms with Crippen molar-refractivity contribution in [3.63, 3.8) is 0 Å². The number of thiazole rings is 1. The van der Waals surface area contributed by atoms with Gasteiger partial charge in [0.2, 0.25) is 5.91 Å². The van der Waals surface area contributed by atoms with Gasteiger partial charge >= 0.3 is 10.9 Å². The van der Waals surface area contributed by atoms with Crippen molar-refractivity contribution < 1.29 is 19.4 Å². The van der Waals surface area contributed by atoms with Gasteiger partial charge in [-0.25, -0.2) is 4.79 Å². The van der Waals surface area contributed by atoms with Crippen molar-refractivity contribution in [3.05, 3.63) is 106 Å². The van der Waals surface area contributed by atoms with Crippen molar-refractivity contribution in [2.75, 3.05) is 43.9 Å². The molecule has 5 aromatic rings. The molecule has 0 bridgehead atoms. The van der Waals surface area contributed by atoms with Crippen LogP contribution in [0.1, 0.15) is 30.4 Å². The van der Waals surface area contributed by atoms with Crippen LogP contribution in [0.2, 0.25) is 0 Å². The monoisotopic (exact) mass is 694 g/mol. The summed E-state index contributed by atoms with van der Waals surface area (Å²) >= 11 is 1.10. The third kappa shape index (κ3) is 8.89. The number of rotatable bonds is 13. The lowest BCUT2D eigenvalue weighted by Gasteiger charge is -2.32. The summed E-state index contributed by atoms with van der Waals surface area (Å²) in [5, 5.41) is 22.6. The molecule has 4 aromatic carbocycles. The molecule has 2 heterocycles. The maximum atomic E-state index is 12.9. The number of hydrogen-bond acceptors (Lipinski definition) is 8. The molecule has 11 nitrogen and oxygen atoms in total. The van der Waals surface area contributed by atoms with Crippen LogP contribution in [-0.2, 0) is 17.8 Å². The zero-order chi connectivity index (χ0) is 34.9. The molecule has 1 aromatic heterocycles. The highest BCUT2D eigenvalue weighted by molar-refractivity contribution is 7.16. The van der Waals surface area contributed by atoms with Crippen LogP contribution in [0.15, 0.2) is 89.7 Å². The normalized spacial score (nSPS) is 13.6. The Morgan fingerprint density at radius 1 is 0.960 bits per heavy atom. The number of fused-ring (bicyclic) bond motifs is 1. The van der Waals surface area contributed by atoms with E-state index in [2.05, 4.69) is 31.2 Å². The van der Waals surface area contributed by atoms with Crippen LogP contribution in [0, 0.1) is 0 Å². The van der Waals surface area contributed by atoms with Gasteiger partial charge in [-0.1, -0.05) is 72.0 Å². The van der Waals surface area contributed by atoms with E-state index in [1.807, 2.05) is 78.9 Å². The Morgan fingerprint density at radius 3 is 2.54 bits per heavy atom. The summed E-state index contributed by atoms with van der Waals surface area (Å²) in [5.41, 5.74) is 5.90. The topological polar surface area (TPSA) is 148 Å². The molecule has 6 N–H and O–H groups in total. The van der Waals surface area contributed by atoms with Gasteiger partial charge in [0.25, 0.3) is 0 Å². The number of amides is 3. The van der Waals surface area contributed by atoms with E-state index in [0.29, 0.717) is 49.4 Å². The number of methoxy groups -OCH3 is 1. The second-order valence-electron chi connectivity index (χ2n) is 12.3. The highest BCUT2D eigenvalue weighted by Crippen LogP contribution is 2.29. The van der Waals surface area contributed by atoms with E-state index in [1.54, 1.807) is 13.2 Å². The van der Waals surface area contributed by atoms with Gasteiger partial charge in [-0.15, -0.1) is 0 Å². The number of piperidine rings is 1. The van der Waals surface area contributed by atoms with E-state index >= 15 is 0 Å². The number of urea groups is 1. The Labute approximate surface area is 294 Å². The summed E-state index contributed by atoms with van der Waals surface area (Å²) in [4.78, 5) is 42.3. The van der Waals surface area contributed by atoms with E-state index in [0.717, 1.165) is 69.9 Å². The zero-order valence-electron chi connectivity index (χ0n) is 28.0. The number of aromatic hydroxyl groups is 1. The molecule has 12 heteroatoms. The Kier molecular flexibility index (Phi) is 11.4. The first kappa shape index (κ1) is 34.7. The summed E-state index contributed by atoms with van der Waals surface area (Å²) in [6, 6.07) is 26.8. The van der Waals surface area contributed by atoms with Gasteiger partial charge in [-0.2, -0.15) is 0 Å². The molecule has 1 saturated heterocycles. The number of likely N-dealkylation sites (tertiary alicyclic amines) is 1. The van der Waals surface area contributed by atoms with Crippen LogP contribution in [0.25, 0.3) is 21.3 Å². The number of carbonyl (C=O) groups excluding carboxylic acids is 2. The maximum Gasteiger partial charge on any atom is 0.319 e. The maximum absolute atomic E-state index is 12.9. The van der Waals surface area contributed by atoms with Crippen LogP contribution in [-0.4, -0.2) is 66.3 Å². The SMILES string of the molecule is COc1cc(CNCCc2ccc(O)c3[nH]c(=O)sc23)ccc1NC(=O)CCN1CCC(NC(=O)Nc2ccccc2-c2ccccc2)CC1. The number of hydrogen-bond donors (Lipinski definition) is 6. The van der Waals surface area contributed by atoms with Gasteiger partial charge in [-0.3, -0.25) is 9.59 Å². The van der Waals surface area contributed by atoms with Crippen molar-refractivity contribution in [1.82, 2.24) is 20.5 Å². The number of H-pyrrole nitrogens is 1. The van der Waals surface area contributed by atoms with Crippen LogP contribution in [0.3, 0.4) is 0 Å². The number of nitrogens with one attached hydrogen (secondary N) is 5. The number of aromatic nitrogens is 1. The molecule has 0 unspecified atom stereocenters. The molecule has 0 aliphatic carbocycles. The number of nitrogens with zero attached hydrogens (tertiary/aromatic N) is 1. The molecule has 0 atom stereocenters. The van der Waals surface area contributed by atoms with E-state index in [4.69, 9.17) is 4.74 Å². The predicted octanol–water partition coefficient (Wildman–Crippen LogP) is 5.92. The summed E-state index contributed by atoms with van der Waals surface area (Å²) in [5.74, 6) is 0.580. The summed E-state index contributed by atoms with van der Waals surface area (Å²) in [6.07, 6.45) is 2.67. The average Bonchev–Trinajstić information content (AvgIpc) is 3.54. The molecule has 1 aliphatic heterocycles. The van der Waals surface area contributed by atoms with Crippen molar-refractivity contribution in [3.8, 4) is 22.6 Å². The van der Waals surface area contributed by atoms with Gasteiger partial charge in [-0.05, 0) is 66.8 Å². The number of phenolic OH excluding ortho intramolecular Hbond substituents is 1. The number of aromatic amines is 1. The molecule has 3 amide bonds. The van der Waals surface area contributed by atoms with Crippen molar-refractivity contribution >= 4 is 44.9 Å². The molecular weight excluding hydrogens is 653 g/mol. The molecule has 0 spiro atoms. The van der Waals surface area contributed by atoms with Crippen LogP contribution in [0.4, 0.5) is 16.2 Å². The highest BCUT2D eigenvalue weighted by Gasteiger charge is 2.22. The Hall–Kier alpha value is -5.17. The predicted molar refractivity (Wildman–Crippen MR) is 199 cm³/mol. The number of phenols is 1. The highest BCUT2D eigenvalue weighted by atomic mass is 32.1. The minimum absolute atomic E-state index is 0.0664. The summed E-state index contributed by atoms with van der Waals surface area (Å²) < 4.78 is 6.36. The third-order valence-electron chi connectivity index (χ3n) is 8.92. The van der Waals surface area contributed by atoms with Crippen molar-refractivity contribution in [2.45, 2.75) is 38.3 Å². The fourth-order valence-corrected chi connectivity index (χ4v) is 7.15. The van der Waals surface area contributed by atoms with Crippen molar-refractivity contribution in [2.24, 2.45) is 0 Å². The first-order valence-electron chi connectivity index (χ1n) is 16.8. The molecular formula is C38H42N6O5S. The number of anilines is 2. The summed E-state index contributed by atoms with van der Waals surface area (Å²) in [6.45, 7) is 3.51. The fourth-order valence-electron chi connectivity index (χ4n) is 6.25. The Balaban J connectivity index is 0.908. The van der Waals surface area contributed by atoms with Gasteiger partial charge < -0.3 is 41.0 Å². The first-order valence-corrected chi connectivity index (χ1v) is 17.6. The molecule has 1 aliphatic rings. The smallest absolute Gasteiger partial charge is 0.319 e. The van der Waals surface area contributed by atoms with Gasteiger partial charge in [0.05, 0.1) is 23.2 Å². The minimum Gasteiger partial charge on any atom is -0.506 e. The number of para-hydroxylation sites is 1. The second-order valence-corrected chi connectivity index (χ2v) is 13.3. The number of carbonyl (C=O) groups is 2. The zero-order valence-corrected chi connectivity index (χ0v) is 28.8. The largest absolute Gasteiger partial charge is 0.506 e. The van der Waals surface area contributed by atoms with Crippen molar-refractivity contribution in [1.29, 1.82) is 0 Å². The van der Waals surface area contributed by atoms with Gasteiger partial charge in [0.15, 0.2) is 0 Å². The Bertz CT molecular complexity index is 1990. The van der Waals surface area contributed by atoms with Gasteiger partial charge in [0.1, 0.15) is 17.0 Å². The molecule has 0 radical (unpaired) electrons. The van der Waals surface area contributed by atoms with E-state index in [9.17, 15) is 19.5 Å². The van der Waals surface area contributed by atoms with Crippen LogP contribution < -0.4 is 30.9 Å². The quantitative estimate of drug-likeness (QED) is 0.0839. The lowest BCUT2D eigenvalue weighted by molar-refractivity contribution is -0.116. The third-order valence-corrected chi connectivity index (χ3v) is 9.88. The van der Waals surface area contributed by atoms with Crippen LogP contribution in [0.5, 0.6) is 11.5 Å². The Morgan fingerprint density at radius 2 is 1.74 bits per heavy atom. The lowest BCUT2D eigenvalue weighted by atomic mass is 10.0. The molecule has 260 valence electrons.